The highest BCUT2D eigenvalue weighted by Crippen LogP contribution is 2.37. The fraction of sp³-hybridized carbons (Fsp3) is 0.688. The summed E-state index contributed by atoms with van der Waals surface area (Å²) >= 11 is 0. The Morgan fingerprint density at radius 2 is 2.19 bits per heavy atom. The zero-order valence-electron chi connectivity index (χ0n) is 12.1. The van der Waals surface area contributed by atoms with Gasteiger partial charge >= 0.3 is 0 Å². The Bertz CT molecular complexity index is 509. The third-order valence-corrected chi connectivity index (χ3v) is 5.12. The summed E-state index contributed by atoms with van der Waals surface area (Å²) in [5.74, 6) is -0.283. The van der Waals surface area contributed by atoms with Crippen molar-refractivity contribution in [2.24, 2.45) is 0 Å². The molecule has 1 aliphatic heterocycles. The molecule has 4 rings (SSSR count). The SMILES string of the molecule is Fc1cccnc1OC1C2CCC1N(C1CCC1)CCO2. The molecule has 0 amide bonds. The van der Waals surface area contributed by atoms with Gasteiger partial charge in [-0.05, 0) is 37.8 Å². The standard InChI is InChI=1S/C16H21FN2O2/c17-12-5-2-8-18-16(12)21-15-13-6-7-14(15)20-10-9-19(13)11-3-1-4-11/h2,5,8,11,13-15H,1,3-4,6-7,9-10H2. The van der Waals surface area contributed by atoms with Crippen LogP contribution in [0.4, 0.5) is 4.39 Å². The van der Waals surface area contributed by atoms with E-state index in [2.05, 4.69) is 9.88 Å². The van der Waals surface area contributed by atoms with E-state index in [1.165, 1.54) is 25.3 Å². The van der Waals surface area contributed by atoms with Crippen LogP contribution in [0.3, 0.4) is 0 Å². The lowest BCUT2D eigenvalue weighted by atomic mass is 9.90. The van der Waals surface area contributed by atoms with E-state index in [0.29, 0.717) is 12.1 Å². The first-order chi connectivity index (χ1) is 10.3. The van der Waals surface area contributed by atoms with E-state index in [0.717, 1.165) is 26.0 Å². The van der Waals surface area contributed by atoms with Gasteiger partial charge in [-0.15, -0.1) is 0 Å². The van der Waals surface area contributed by atoms with Crippen LogP contribution in [0.2, 0.25) is 0 Å². The minimum Gasteiger partial charge on any atom is -0.468 e. The van der Waals surface area contributed by atoms with Gasteiger partial charge in [0.2, 0.25) is 0 Å². The number of ether oxygens (including phenoxy) is 2. The molecule has 3 unspecified atom stereocenters. The number of fused-ring (bicyclic) bond motifs is 2. The van der Waals surface area contributed by atoms with Gasteiger partial charge in [0, 0.05) is 24.8 Å². The fourth-order valence-electron chi connectivity index (χ4n) is 3.83. The van der Waals surface area contributed by atoms with E-state index in [1.807, 2.05) is 0 Å². The summed E-state index contributed by atoms with van der Waals surface area (Å²) < 4.78 is 25.7. The minimum absolute atomic E-state index is 0.0708. The molecule has 2 bridgehead atoms. The second-order valence-electron chi connectivity index (χ2n) is 6.25. The first-order valence-electron chi connectivity index (χ1n) is 7.97. The van der Waals surface area contributed by atoms with Gasteiger partial charge < -0.3 is 9.47 Å². The summed E-state index contributed by atoms with van der Waals surface area (Å²) in [7, 11) is 0. The fourth-order valence-corrected chi connectivity index (χ4v) is 3.83. The number of halogens is 1. The van der Waals surface area contributed by atoms with Crippen molar-refractivity contribution < 1.29 is 13.9 Å². The lowest BCUT2D eigenvalue weighted by Crippen LogP contribution is -2.51. The third-order valence-electron chi connectivity index (χ3n) is 5.12. The van der Waals surface area contributed by atoms with Crippen LogP contribution < -0.4 is 4.74 Å². The molecule has 114 valence electrons. The molecule has 21 heavy (non-hydrogen) atoms. The molecule has 0 radical (unpaired) electrons. The van der Waals surface area contributed by atoms with Crippen molar-refractivity contribution in [3.05, 3.63) is 24.1 Å². The van der Waals surface area contributed by atoms with Crippen LogP contribution in [0.15, 0.2) is 18.3 Å². The van der Waals surface area contributed by atoms with Gasteiger partial charge in [-0.25, -0.2) is 9.37 Å². The average molecular weight is 292 g/mol. The van der Waals surface area contributed by atoms with Gasteiger partial charge in [0.15, 0.2) is 5.82 Å². The number of hydrogen-bond donors (Lipinski definition) is 0. The number of nitrogens with zero attached hydrogens (tertiary/aromatic N) is 2. The molecule has 5 heteroatoms. The zero-order chi connectivity index (χ0) is 14.2. The predicted octanol–water partition coefficient (Wildman–Crippen LogP) is 2.38. The molecule has 3 aliphatic rings. The largest absolute Gasteiger partial charge is 0.468 e. The van der Waals surface area contributed by atoms with Gasteiger partial charge in [0.25, 0.3) is 5.88 Å². The van der Waals surface area contributed by atoms with Crippen molar-refractivity contribution in [1.29, 1.82) is 0 Å². The van der Waals surface area contributed by atoms with E-state index in [4.69, 9.17) is 9.47 Å². The van der Waals surface area contributed by atoms with Crippen LogP contribution in [0, 0.1) is 5.82 Å². The maximum atomic E-state index is 13.8. The normalized spacial score (nSPS) is 33.5. The van der Waals surface area contributed by atoms with Crippen molar-refractivity contribution in [2.75, 3.05) is 13.2 Å². The molecule has 4 nitrogen and oxygen atoms in total. The Morgan fingerprint density at radius 1 is 1.29 bits per heavy atom. The number of pyridine rings is 1. The van der Waals surface area contributed by atoms with Crippen molar-refractivity contribution in [1.82, 2.24) is 9.88 Å². The van der Waals surface area contributed by atoms with Gasteiger partial charge in [0.1, 0.15) is 6.10 Å². The van der Waals surface area contributed by atoms with E-state index >= 15 is 0 Å². The van der Waals surface area contributed by atoms with Gasteiger partial charge in [-0.3, -0.25) is 4.90 Å². The summed E-state index contributed by atoms with van der Waals surface area (Å²) in [6.45, 7) is 1.72. The first kappa shape index (κ1) is 13.5. The van der Waals surface area contributed by atoms with Crippen molar-refractivity contribution in [3.63, 3.8) is 0 Å². The number of hydrogen-bond acceptors (Lipinski definition) is 4. The molecule has 2 saturated carbocycles. The predicted molar refractivity (Wildman–Crippen MR) is 75.7 cm³/mol. The molecule has 3 atom stereocenters. The van der Waals surface area contributed by atoms with E-state index in [9.17, 15) is 4.39 Å². The molecule has 3 fully saturated rings. The Kier molecular flexibility index (Phi) is 3.55. The van der Waals surface area contributed by atoms with Crippen molar-refractivity contribution in [3.8, 4) is 5.88 Å². The summed E-state index contributed by atoms with van der Waals surface area (Å²) in [5, 5.41) is 0. The minimum atomic E-state index is -0.392. The first-order valence-corrected chi connectivity index (χ1v) is 7.97. The quantitative estimate of drug-likeness (QED) is 0.857. The lowest BCUT2D eigenvalue weighted by Gasteiger charge is -2.42. The number of aromatic nitrogens is 1. The van der Waals surface area contributed by atoms with Crippen LogP contribution in [0.25, 0.3) is 0 Å². The molecule has 2 aliphatic carbocycles. The molecule has 0 spiro atoms. The molecule has 1 aromatic heterocycles. The van der Waals surface area contributed by atoms with E-state index < -0.39 is 5.82 Å². The Labute approximate surface area is 124 Å². The Hall–Kier alpha value is -1.20. The lowest BCUT2D eigenvalue weighted by molar-refractivity contribution is -0.00127. The summed E-state index contributed by atoms with van der Waals surface area (Å²) in [6.07, 6.45) is 7.46. The highest BCUT2D eigenvalue weighted by molar-refractivity contribution is 5.15. The third kappa shape index (κ3) is 2.42. The average Bonchev–Trinajstić information content (AvgIpc) is 2.71. The second-order valence-corrected chi connectivity index (χ2v) is 6.25. The highest BCUT2D eigenvalue weighted by Gasteiger charge is 2.46. The maximum absolute atomic E-state index is 13.8. The molecule has 0 N–H and O–H groups in total. The van der Waals surface area contributed by atoms with Crippen molar-refractivity contribution in [2.45, 2.75) is 56.4 Å². The van der Waals surface area contributed by atoms with Gasteiger partial charge in [-0.2, -0.15) is 0 Å². The molecule has 0 aromatic carbocycles. The monoisotopic (exact) mass is 292 g/mol. The highest BCUT2D eigenvalue weighted by atomic mass is 19.1. The van der Waals surface area contributed by atoms with E-state index in [-0.39, 0.29) is 18.1 Å². The topological polar surface area (TPSA) is 34.6 Å². The Morgan fingerprint density at radius 3 is 2.95 bits per heavy atom. The van der Waals surface area contributed by atoms with Gasteiger partial charge in [-0.1, -0.05) is 6.42 Å². The molecule has 1 aromatic rings. The van der Waals surface area contributed by atoms with Crippen LogP contribution in [-0.4, -0.2) is 47.3 Å². The molecule has 1 saturated heterocycles. The van der Waals surface area contributed by atoms with Crippen LogP contribution in [-0.2, 0) is 4.74 Å². The van der Waals surface area contributed by atoms with Crippen molar-refractivity contribution >= 4 is 0 Å². The Balaban J connectivity index is 1.56. The summed E-state index contributed by atoms with van der Waals surface area (Å²) in [5.41, 5.74) is 0. The van der Waals surface area contributed by atoms with Crippen LogP contribution in [0.5, 0.6) is 5.88 Å². The van der Waals surface area contributed by atoms with Crippen LogP contribution >= 0.6 is 0 Å². The zero-order valence-corrected chi connectivity index (χ0v) is 12.1. The smallest absolute Gasteiger partial charge is 0.250 e. The molecular weight excluding hydrogens is 271 g/mol. The van der Waals surface area contributed by atoms with E-state index in [1.54, 1.807) is 12.3 Å². The second kappa shape index (κ2) is 5.54. The number of rotatable bonds is 3. The maximum Gasteiger partial charge on any atom is 0.250 e. The molecule has 2 heterocycles. The summed E-state index contributed by atoms with van der Waals surface area (Å²) in [6, 6.07) is 3.98. The summed E-state index contributed by atoms with van der Waals surface area (Å²) in [4.78, 5) is 6.58. The van der Waals surface area contributed by atoms with Crippen LogP contribution in [0.1, 0.15) is 32.1 Å². The molecular formula is C16H21FN2O2. The van der Waals surface area contributed by atoms with Gasteiger partial charge in [0.05, 0.1) is 12.7 Å².